The summed E-state index contributed by atoms with van der Waals surface area (Å²) in [4.78, 5) is 6.14. The van der Waals surface area contributed by atoms with E-state index in [1.165, 1.54) is 42.0 Å². The number of nitriles is 1. The molecule has 0 unspecified atom stereocenters. The summed E-state index contributed by atoms with van der Waals surface area (Å²) in [6.45, 7) is 16.7. The van der Waals surface area contributed by atoms with Gasteiger partial charge in [-0.2, -0.15) is 5.26 Å². The average Bonchev–Trinajstić information content (AvgIpc) is 3.63. The number of nitrogens with zero attached hydrogens (tertiary/aromatic N) is 3. The molecule has 0 atom stereocenters. The van der Waals surface area contributed by atoms with Crippen LogP contribution in [0.3, 0.4) is 0 Å². The fourth-order valence-electron chi connectivity index (χ4n) is 5.71. The van der Waals surface area contributed by atoms with E-state index >= 15 is 0 Å². The van der Waals surface area contributed by atoms with Gasteiger partial charge in [-0.1, -0.05) is 45.6 Å². The van der Waals surface area contributed by atoms with Gasteiger partial charge >= 0.3 is 0 Å². The highest BCUT2D eigenvalue weighted by Crippen LogP contribution is 2.48. The van der Waals surface area contributed by atoms with Crippen molar-refractivity contribution in [3.05, 3.63) is 89.9 Å². The molecule has 5 nitrogen and oxygen atoms in total. The van der Waals surface area contributed by atoms with Crippen LogP contribution in [0.4, 0.5) is 11.4 Å². The second kappa shape index (κ2) is 13.9. The minimum atomic E-state index is -0.160. The quantitative estimate of drug-likeness (QED) is 0.239. The monoisotopic (exact) mass is 553 g/mol. The van der Waals surface area contributed by atoms with E-state index in [4.69, 9.17) is 4.99 Å². The first-order valence-electron chi connectivity index (χ1n) is 14.7. The third kappa shape index (κ3) is 6.89. The first kappa shape index (κ1) is 29.7. The van der Waals surface area contributed by atoms with Gasteiger partial charge < -0.3 is 10.6 Å². The van der Waals surface area contributed by atoms with Crippen molar-refractivity contribution in [2.45, 2.75) is 82.4 Å². The number of benzene rings is 2. The van der Waals surface area contributed by atoms with Crippen molar-refractivity contribution in [1.82, 2.24) is 4.31 Å². The summed E-state index contributed by atoms with van der Waals surface area (Å²) in [6, 6.07) is 19.3. The van der Waals surface area contributed by atoms with Crippen LogP contribution >= 0.6 is 11.9 Å². The highest BCUT2D eigenvalue weighted by atomic mass is 32.2. The van der Waals surface area contributed by atoms with Gasteiger partial charge in [-0.15, -0.1) is 0 Å². The molecule has 3 fully saturated rings. The summed E-state index contributed by atoms with van der Waals surface area (Å²) >= 11 is 1.84. The van der Waals surface area contributed by atoms with E-state index in [2.05, 4.69) is 89.6 Å². The zero-order chi connectivity index (χ0) is 28.5. The number of anilines is 2. The van der Waals surface area contributed by atoms with E-state index in [0.29, 0.717) is 11.4 Å². The van der Waals surface area contributed by atoms with Crippen LogP contribution in [0.1, 0.15) is 77.7 Å². The standard InChI is InChI=1S/C32H37N5S.C2H6/c1-23(22-33)32(18-7-19-32)26-10-12-27(13-11-26)34-24(2)30-8-6-9-31(30)36-25(3)35-28-14-16-29(17-15-28)38-37-20-4-5-21-37;1-2/h10-17,34-35H,1,3-9,18-21H2,2H3;1-2H3/b30-24+,36-31-;. The fourth-order valence-corrected chi connectivity index (χ4v) is 6.70. The van der Waals surface area contributed by atoms with Gasteiger partial charge in [0, 0.05) is 51.8 Å². The summed E-state index contributed by atoms with van der Waals surface area (Å²) < 4.78 is 2.43. The third-order valence-corrected chi connectivity index (χ3v) is 9.15. The zero-order valence-corrected chi connectivity index (χ0v) is 25.2. The maximum atomic E-state index is 9.43. The summed E-state index contributed by atoms with van der Waals surface area (Å²) in [5.41, 5.74) is 7.26. The van der Waals surface area contributed by atoms with Gasteiger partial charge in [0.1, 0.15) is 5.82 Å². The van der Waals surface area contributed by atoms with Crippen LogP contribution in [0.5, 0.6) is 0 Å². The molecular weight excluding hydrogens is 510 g/mol. The maximum Gasteiger partial charge on any atom is 0.123 e. The Hall–Kier alpha value is -3.27. The van der Waals surface area contributed by atoms with Crippen LogP contribution in [-0.4, -0.2) is 23.1 Å². The highest BCUT2D eigenvalue weighted by Gasteiger charge is 2.41. The van der Waals surface area contributed by atoms with Crippen LogP contribution < -0.4 is 10.6 Å². The summed E-state index contributed by atoms with van der Waals surface area (Å²) in [5.74, 6) is 0.667. The molecule has 2 aromatic carbocycles. The van der Waals surface area contributed by atoms with Gasteiger partial charge in [-0.05, 0) is 111 Å². The van der Waals surface area contributed by atoms with E-state index in [1.54, 1.807) is 0 Å². The van der Waals surface area contributed by atoms with Gasteiger partial charge in [-0.3, -0.25) is 0 Å². The van der Waals surface area contributed by atoms with Crippen molar-refractivity contribution in [3.8, 4) is 6.07 Å². The van der Waals surface area contributed by atoms with Crippen molar-refractivity contribution in [3.63, 3.8) is 0 Å². The van der Waals surface area contributed by atoms with E-state index in [1.807, 2.05) is 25.8 Å². The Morgan fingerprint density at radius 2 is 1.52 bits per heavy atom. The molecule has 2 N–H and O–H groups in total. The third-order valence-electron chi connectivity index (χ3n) is 8.04. The molecule has 2 saturated carbocycles. The molecule has 6 heteroatoms. The Kier molecular flexibility index (Phi) is 10.3. The number of rotatable bonds is 9. The number of allylic oxidation sites excluding steroid dienone is 3. The first-order chi connectivity index (χ1) is 19.5. The Labute approximate surface area is 245 Å². The molecule has 3 aliphatic rings. The van der Waals surface area contributed by atoms with Gasteiger partial charge in [-0.25, -0.2) is 9.30 Å². The molecular formula is C34H43N5S. The second-order valence-corrected chi connectivity index (χ2v) is 11.7. The summed E-state index contributed by atoms with van der Waals surface area (Å²) in [7, 11) is 0. The van der Waals surface area contributed by atoms with Crippen molar-refractivity contribution in [2.75, 3.05) is 23.7 Å². The molecule has 2 aliphatic carbocycles. The molecule has 0 aromatic heterocycles. The van der Waals surface area contributed by atoms with Crippen molar-refractivity contribution in [1.29, 1.82) is 5.26 Å². The van der Waals surface area contributed by atoms with Gasteiger partial charge in [0.15, 0.2) is 0 Å². The molecule has 40 heavy (non-hydrogen) atoms. The van der Waals surface area contributed by atoms with Crippen LogP contribution in [0.15, 0.2) is 94.2 Å². The molecule has 0 bridgehead atoms. The Morgan fingerprint density at radius 3 is 2.12 bits per heavy atom. The normalized spacial score (nSPS) is 20.1. The van der Waals surface area contributed by atoms with E-state index < -0.39 is 0 Å². The van der Waals surface area contributed by atoms with Crippen molar-refractivity contribution < 1.29 is 0 Å². The van der Waals surface area contributed by atoms with Gasteiger partial charge in [0.25, 0.3) is 0 Å². The lowest BCUT2D eigenvalue weighted by molar-refractivity contribution is 0.303. The van der Waals surface area contributed by atoms with Crippen LogP contribution in [0.25, 0.3) is 0 Å². The highest BCUT2D eigenvalue weighted by molar-refractivity contribution is 7.97. The molecule has 0 amide bonds. The topological polar surface area (TPSA) is 63.5 Å². The minimum Gasteiger partial charge on any atom is -0.359 e. The molecule has 1 aliphatic heterocycles. The Bertz CT molecular complexity index is 1290. The Morgan fingerprint density at radius 1 is 0.900 bits per heavy atom. The van der Waals surface area contributed by atoms with Crippen LogP contribution in [-0.2, 0) is 5.41 Å². The zero-order valence-electron chi connectivity index (χ0n) is 24.4. The van der Waals surface area contributed by atoms with Crippen LogP contribution in [0, 0.1) is 11.3 Å². The lowest BCUT2D eigenvalue weighted by Crippen LogP contribution is -2.35. The predicted octanol–water partition coefficient (Wildman–Crippen LogP) is 9.21. The van der Waals surface area contributed by atoms with E-state index in [9.17, 15) is 5.26 Å². The van der Waals surface area contributed by atoms with Crippen molar-refractivity contribution >= 4 is 29.0 Å². The van der Waals surface area contributed by atoms with Gasteiger partial charge in [0.2, 0.25) is 0 Å². The summed E-state index contributed by atoms with van der Waals surface area (Å²) in [5, 5.41) is 16.4. The number of hydrogen-bond acceptors (Lipinski definition) is 6. The second-order valence-electron chi connectivity index (χ2n) is 10.6. The minimum absolute atomic E-state index is 0.160. The summed E-state index contributed by atoms with van der Waals surface area (Å²) in [6.07, 6.45) is 8.83. The smallest absolute Gasteiger partial charge is 0.123 e. The first-order valence-corrected chi connectivity index (χ1v) is 15.5. The average molecular weight is 554 g/mol. The SMILES string of the molecule is C=C(/N=C1/CCC/C1=C(/C)Nc1ccc(C2(C(=C)C#N)CCC2)cc1)Nc1ccc(SN2CCCC2)cc1.CC. The molecule has 2 aromatic rings. The van der Waals surface area contributed by atoms with Crippen molar-refractivity contribution in [2.24, 2.45) is 4.99 Å². The largest absolute Gasteiger partial charge is 0.359 e. The molecule has 5 rings (SSSR count). The van der Waals surface area contributed by atoms with E-state index in [0.717, 1.165) is 61.3 Å². The molecule has 0 radical (unpaired) electrons. The van der Waals surface area contributed by atoms with E-state index in [-0.39, 0.29) is 5.41 Å². The molecule has 0 spiro atoms. The number of nitrogens with one attached hydrogen (secondary N) is 2. The molecule has 1 heterocycles. The number of hydrogen-bond donors (Lipinski definition) is 2. The van der Waals surface area contributed by atoms with Gasteiger partial charge in [0.05, 0.1) is 6.07 Å². The fraction of sp³-hybridized carbons (Fsp3) is 0.412. The number of aliphatic imine (C=N–C) groups is 1. The Balaban J connectivity index is 0.00000181. The molecule has 1 saturated heterocycles. The molecule has 210 valence electrons. The maximum absolute atomic E-state index is 9.43. The lowest BCUT2D eigenvalue weighted by Gasteiger charge is -2.42. The predicted molar refractivity (Wildman–Crippen MR) is 172 cm³/mol. The van der Waals surface area contributed by atoms with Crippen LogP contribution in [0.2, 0.25) is 0 Å². The lowest BCUT2D eigenvalue weighted by atomic mass is 9.61.